The van der Waals surface area contributed by atoms with Crippen LogP contribution < -0.4 is 0 Å². The lowest BCUT2D eigenvalue weighted by Gasteiger charge is -2.40. The van der Waals surface area contributed by atoms with E-state index in [0.717, 1.165) is 30.6 Å². The fourth-order valence-electron chi connectivity index (χ4n) is 4.57. The number of ketones is 1. The molecule has 0 aromatic heterocycles. The van der Waals surface area contributed by atoms with E-state index in [1.165, 1.54) is 30.4 Å². The monoisotopic (exact) mass is 349 g/mol. The molecule has 138 valence electrons. The summed E-state index contributed by atoms with van der Waals surface area (Å²) in [6, 6.07) is 16.5. The summed E-state index contributed by atoms with van der Waals surface area (Å²) in [5.41, 5.74) is 4.34. The summed E-state index contributed by atoms with van der Waals surface area (Å²) in [5, 5.41) is 0. The predicted octanol–water partition coefficient (Wildman–Crippen LogP) is 5.46. The molecule has 0 radical (unpaired) electrons. The quantitative estimate of drug-likeness (QED) is 0.619. The lowest BCUT2D eigenvalue weighted by molar-refractivity contribution is 0.103. The van der Waals surface area contributed by atoms with Crippen LogP contribution in [0.5, 0.6) is 0 Å². The van der Waals surface area contributed by atoms with Gasteiger partial charge in [-0.2, -0.15) is 0 Å². The van der Waals surface area contributed by atoms with Crippen molar-refractivity contribution in [3.8, 4) is 0 Å². The maximum atomic E-state index is 13.2. The molecule has 2 aromatic carbocycles. The predicted molar refractivity (Wildman–Crippen MR) is 109 cm³/mol. The van der Waals surface area contributed by atoms with Crippen LogP contribution in [-0.2, 0) is 6.42 Å². The van der Waals surface area contributed by atoms with Gasteiger partial charge in [0.2, 0.25) is 0 Å². The lowest BCUT2D eigenvalue weighted by atomic mass is 9.76. The molecule has 0 bridgehead atoms. The Hall–Kier alpha value is -1.93. The molecule has 0 unspecified atom stereocenters. The van der Waals surface area contributed by atoms with Crippen LogP contribution >= 0.6 is 0 Å². The van der Waals surface area contributed by atoms with Gasteiger partial charge in [-0.3, -0.25) is 9.69 Å². The maximum absolute atomic E-state index is 13.2. The van der Waals surface area contributed by atoms with Gasteiger partial charge in [-0.05, 0) is 55.8 Å². The Morgan fingerprint density at radius 2 is 1.69 bits per heavy atom. The number of nitrogens with zero attached hydrogens (tertiary/aromatic N) is 1. The number of rotatable bonds is 7. The zero-order valence-electron chi connectivity index (χ0n) is 16.4. The first-order chi connectivity index (χ1) is 12.7. The Kier molecular flexibility index (Phi) is 6.26. The van der Waals surface area contributed by atoms with E-state index < -0.39 is 0 Å². The van der Waals surface area contributed by atoms with Crippen molar-refractivity contribution >= 4 is 5.78 Å². The second kappa shape index (κ2) is 8.64. The van der Waals surface area contributed by atoms with Gasteiger partial charge >= 0.3 is 0 Å². The van der Waals surface area contributed by atoms with Crippen LogP contribution in [-0.4, -0.2) is 29.8 Å². The summed E-state index contributed by atoms with van der Waals surface area (Å²) in [6.07, 6.45) is 4.63. The number of fused-ring (bicyclic) bond motifs is 1. The molecule has 2 atom stereocenters. The van der Waals surface area contributed by atoms with Crippen LogP contribution in [0.25, 0.3) is 0 Å². The molecule has 2 heteroatoms. The van der Waals surface area contributed by atoms with Crippen molar-refractivity contribution in [2.75, 3.05) is 13.1 Å². The van der Waals surface area contributed by atoms with Crippen molar-refractivity contribution in [2.24, 2.45) is 0 Å². The van der Waals surface area contributed by atoms with Crippen LogP contribution in [0.3, 0.4) is 0 Å². The van der Waals surface area contributed by atoms with E-state index in [0.29, 0.717) is 12.0 Å². The van der Waals surface area contributed by atoms with Crippen molar-refractivity contribution < 1.29 is 4.79 Å². The third-order valence-electron chi connectivity index (χ3n) is 5.71. The average molecular weight is 350 g/mol. The molecule has 26 heavy (non-hydrogen) atoms. The molecular formula is C24H31NO. The first-order valence-electron chi connectivity index (χ1n) is 10.1. The van der Waals surface area contributed by atoms with E-state index in [4.69, 9.17) is 0 Å². The number of aryl methyl sites for hydroxylation is 1. The molecule has 0 aliphatic heterocycles. The van der Waals surface area contributed by atoms with Gasteiger partial charge in [-0.15, -0.1) is 0 Å². The molecule has 2 aromatic rings. The van der Waals surface area contributed by atoms with Gasteiger partial charge in [0.05, 0.1) is 0 Å². The van der Waals surface area contributed by atoms with Crippen molar-refractivity contribution in [3.05, 3.63) is 70.8 Å². The van der Waals surface area contributed by atoms with E-state index in [2.05, 4.69) is 37.8 Å². The summed E-state index contributed by atoms with van der Waals surface area (Å²) in [6.45, 7) is 9.13. The Bertz CT molecular complexity index is 731. The van der Waals surface area contributed by atoms with Crippen molar-refractivity contribution in [1.82, 2.24) is 4.90 Å². The van der Waals surface area contributed by atoms with Crippen molar-refractivity contribution in [3.63, 3.8) is 0 Å². The van der Waals surface area contributed by atoms with Gasteiger partial charge in [0, 0.05) is 17.2 Å². The molecule has 0 spiro atoms. The van der Waals surface area contributed by atoms with E-state index in [1.807, 2.05) is 36.4 Å². The van der Waals surface area contributed by atoms with Gasteiger partial charge in [0.1, 0.15) is 0 Å². The van der Waals surface area contributed by atoms with Crippen LogP contribution in [0.1, 0.15) is 73.0 Å². The van der Waals surface area contributed by atoms with Crippen LogP contribution in [0.2, 0.25) is 0 Å². The Balaban J connectivity index is 1.97. The van der Waals surface area contributed by atoms with Gasteiger partial charge < -0.3 is 0 Å². The first kappa shape index (κ1) is 18.8. The third kappa shape index (κ3) is 3.76. The topological polar surface area (TPSA) is 20.3 Å². The van der Waals surface area contributed by atoms with Gasteiger partial charge in [-0.25, -0.2) is 0 Å². The highest BCUT2D eigenvalue weighted by Crippen LogP contribution is 2.37. The molecule has 0 saturated carbocycles. The van der Waals surface area contributed by atoms with Crippen LogP contribution in [0.4, 0.5) is 0 Å². The largest absolute Gasteiger partial charge is 0.300 e. The summed E-state index contributed by atoms with van der Waals surface area (Å²) in [5.74, 6) is 0.549. The molecule has 3 rings (SSSR count). The van der Waals surface area contributed by atoms with Gasteiger partial charge in [0.15, 0.2) is 5.78 Å². The van der Waals surface area contributed by atoms with Gasteiger partial charge in [0.25, 0.3) is 0 Å². The highest BCUT2D eigenvalue weighted by Gasteiger charge is 2.33. The summed E-state index contributed by atoms with van der Waals surface area (Å²) >= 11 is 0. The fraction of sp³-hybridized carbons (Fsp3) is 0.458. The smallest absolute Gasteiger partial charge is 0.193 e. The number of carbonyl (C=O) groups is 1. The normalized spacial score (nSPS) is 19.4. The molecule has 1 aliphatic carbocycles. The third-order valence-corrected chi connectivity index (χ3v) is 5.71. The summed E-state index contributed by atoms with van der Waals surface area (Å²) in [7, 11) is 0. The molecule has 0 amide bonds. The van der Waals surface area contributed by atoms with Crippen LogP contribution in [0.15, 0.2) is 48.5 Å². The first-order valence-corrected chi connectivity index (χ1v) is 10.1. The molecule has 0 N–H and O–H groups in total. The average Bonchev–Trinajstić information content (AvgIpc) is 2.68. The Morgan fingerprint density at radius 1 is 1.00 bits per heavy atom. The second-order valence-electron chi connectivity index (χ2n) is 7.50. The van der Waals surface area contributed by atoms with Gasteiger partial charge in [-0.1, -0.05) is 69.3 Å². The lowest BCUT2D eigenvalue weighted by Crippen LogP contribution is -2.42. The number of hydrogen-bond acceptors (Lipinski definition) is 2. The molecule has 0 heterocycles. The number of carbonyl (C=O) groups excluding carboxylic acids is 1. The molecule has 1 aliphatic rings. The minimum Gasteiger partial charge on any atom is -0.300 e. The Labute approximate surface area is 158 Å². The summed E-state index contributed by atoms with van der Waals surface area (Å²) < 4.78 is 0. The van der Waals surface area contributed by atoms with E-state index in [1.54, 1.807) is 0 Å². The summed E-state index contributed by atoms with van der Waals surface area (Å²) in [4.78, 5) is 15.8. The van der Waals surface area contributed by atoms with E-state index in [9.17, 15) is 4.79 Å². The molecule has 0 fully saturated rings. The highest BCUT2D eigenvalue weighted by atomic mass is 16.1. The zero-order valence-corrected chi connectivity index (χ0v) is 16.4. The van der Waals surface area contributed by atoms with Crippen molar-refractivity contribution in [1.29, 1.82) is 0 Å². The molecule has 0 saturated heterocycles. The van der Waals surface area contributed by atoms with E-state index in [-0.39, 0.29) is 5.78 Å². The minimum absolute atomic E-state index is 0.160. The Morgan fingerprint density at radius 3 is 2.35 bits per heavy atom. The standard InChI is InChI=1S/C24H31NO/c1-4-16-25(17-5-2)22-15-14-19-12-9-13-21(23(19)18(22)3)24(26)20-10-7-6-8-11-20/h6-13,18,22H,4-5,14-17H2,1-3H3/t18-,22-/m1/s1. The molecular weight excluding hydrogens is 318 g/mol. The maximum Gasteiger partial charge on any atom is 0.193 e. The fourth-order valence-corrected chi connectivity index (χ4v) is 4.57. The van der Waals surface area contributed by atoms with Crippen molar-refractivity contribution in [2.45, 2.75) is 58.4 Å². The molecule has 2 nitrogen and oxygen atoms in total. The number of benzene rings is 2. The van der Waals surface area contributed by atoms with Crippen LogP contribution in [0, 0.1) is 0 Å². The zero-order chi connectivity index (χ0) is 18.5. The highest BCUT2D eigenvalue weighted by molar-refractivity contribution is 6.10. The minimum atomic E-state index is 0.160. The second-order valence-corrected chi connectivity index (χ2v) is 7.50. The van der Waals surface area contributed by atoms with E-state index >= 15 is 0 Å². The SMILES string of the molecule is CCCN(CCC)[C@@H]1CCc2cccc(C(=O)c3ccccc3)c2[C@@H]1C. The number of hydrogen-bond donors (Lipinski definition) is 0.